The molecule has 0 bridgehead atoms. The molecule has 2 aromatic rings. The minimum absolute atomic E-state index is 0.868. The second kappa shape index (κ2) is 6.21. The predicted octanol–water partition coefficient (Wildman–Crippen LogP) is 3.97. The van der Waals surface area contributed by atoms with E-state index in [9.17, 15) is 0 Å². The molecule has 0 atom stereocenters. The highest BCUT2D eigenvalue weighted by Crippen LogP contribution is 2.24. The average Bonchev–Trinajstić information content (AvgIpc) is 2.91. The Bertz CT molecular complexity index is 464. The zero-order chi connectivity index (χ0) is 12.1. The van der Waals surface area contributed by atoms with Gasteiger partial charge in [0.25, 0.3) is 0 Å². The van der Waals surface area contributed by atoms with Gasteiger partial charge in [0.05, 0.1) is 6.54 Å². The molecule has 0 unspecified atom stereocenters. The van der Waals surface area contributed by atoms with Crippen molar-refractivity contribution < 1.29 is 0 Å². The minimum atomic E-state index is 0.868. The Kier molecular flexibility index (Phi) is 4.62. The first-order chi connectivity index (χ1) is 8.31. The molecule has 3 nitrogen and oxygen atoms in total. The molecule has 2 rings (SSSR count). The van der Waals surface area contributed by atoms with Crippen molar-refractivity contribution in [3.8, 4) is 0 Å². The Labute approximate surface area is 114 Å². The van der Waals surface area contributed by atoms with Crippen LogP contribution in [0.1, 0.15) is 24.6 Å². The van der Waals surface area contributed by atoms with Crippen LogP contribution in [0.2, 0.25) is 0 Å². The van der Waals surface area contributed by atoms with Crippen molar-refractivity contribution in [3.05, 3.63) is 33.2 Å². The maximum atomic E-state index is 4.34. The van der Waals surface area contributed by atoms with Gasteiger partial charge in [-0.25, -0.2) is 4.98 Å². The van der Waals surface area contributed by atoms with Crippen LogP contribution in [0.5, 0.6) is 0 Å². The van der Waals surface area contributed by atoms with E-state index in [4.69, 9.17) is 0 Å². The van der Waals surface area contributed by atoms with E-state index in [1.54, 1.807) is 11.3 Å². The molecule has 0 fully saturated rings. The van der Waals surface area contributed by atoms with Crippen LogP contribution in [0.4, 0.5) is 5.95 Å². The number of nitrogens with zero attached hydrogens (tertiary/aromatic N) is 2. The lowest BCUT2D eigenvalue weighted by Crippen LogP contribution is -2.08. The predicted molar refractivity (Wildman–Crippen MR) is 76.7 cm³/mol. The molecule has 0 aliphatic carbocycles. The summed E-state index contributed by atoms with van der Waals surface area (Å²) in [7, 11) is 0. The number of unbranched alkanes of at least 4 members (excludes halogenated alkanes) is 1. The highest BCUT2D eigenvalue weighted by molar-refractivity contribution is 9.10. The van der Waals surface area contributed by atoms with E-state index in [1.165, 1.54) is 22.2 Å². The Morgan fingerprint density at radius 3 is 3.12 bits per heavy atom. The largest absolute Gasteiger partial charge is 0.356 e. The summed E-state index contributed by atoms with van der Waals surface area (Å²) in [5.41, 5.74) is 0. The topological polar surface area (TPSA) is 29.9 Å². The number of thiophene rings is 1. The molecule has 0 saturated heterocycles. The number of aromatic nitrogens is 2. The molecule has 0 amide bonds. The van der Waals surface area contributed by atoms with Crippen molar-refractivity contribution >= 4 is 33.2 Å². The number of anilines is 1. The van der Waals surface area contributed by atoms with Crippen LogP contribution in [-0.4, -0.2) is 16.1 Å². The van der Waals surface area contributed by atoms with E-state index in [1.807, 2.05) is 12.4 Å². The Hall–Kier alpha value is -0.810. The molecule has 0 aromatic carbocycles. The molecule has 5 heteroatoms. The first-order valence-corrected chi connectivity index (χ1v) is 7.45. The molecule has 1 N–H and O–H groups in total. The van der Waals surface area contributed by atoms with Crippen LogP contribution in [-0.2, 0) is 6.54 Å². The molecule has 17 heavy (non-hydrogen) atoms. The van der Waals surface area contributed by atoms with Crippen LogP contribution in [0.15, 0.2) is 28.3 Å². The fraction of sp³-hybridized carbons (Fsp3) is 0.417. The van der Waals surface area contributed by atoms with Gasteiger partial charge in [0.2, 0.25) is 5.95 Å². The molecule has 0 radical (unpaired) electrons. The number of halogens is 1. The molecule has 0 aliphatic rings. The summed E-state index contributed by atoms with van der Waals surface area (Å²) in [6.45, 7) is 4.04. The normalized spacial score (nSPS) is 10.7. The van der Waals surface area contributed by atoms with Crippen molar-refractivity contribution in [1.82, 2.24) is 9.55 Å². The minimum Gasteiger partial charge on any atom is -0.356 e. The lowest BCUT2D eigenvalue weighted by atomic mass is 10.3. The SMILES string of the molecule is CCCCNc1nccn1Cc1sccc1Br. The van der Waals surface area contributed by atoms with Crippen molar-refractivity contribution in [1.29, 1.82) is 0 Å². The molecular weight excluding hydrogens is 298 g/mol. The number of hydrogen-bond acceptors (Lipinski definition) is 3. The van der Waals surface area contributed by atoms with E-state index in [0.29, 0.717) is 0 Å². The van der Waals surface area contributed by atoms with E-state index in [0.717, 1.165) is 19.0 Å². The zero-order valence-electron chi connectivity index (χ0n) is 9.82. The summed E-state index contributed by atoms with van der Waals surface area (Å²) in [6, 6.07) is 2.08. The van der Waals surface area contributed by atoms with Gasteiger partial charge in [-0.1, -0.05) is 13.3 Å². The molecule has 2 heterocycles. The van der Waals surface area contributed by atoms with Gasteiger partial charge in [0, 0.05) is 28.3 Å². The molecule has 92 valence electrons. The third-order valence-electron chi connectivity index (χ3n) is 2.53. The fourth-order valence-electron chi connectivity index (χ4n) is 1.57. The van der Waals surface area contributed by atoms with Crippen LogP contribution in [0.25, 0.3) is 0 Å². The van der Waals surface area contributed by atoms with Gasteiger partial charge in [-0.05, 0) is 33.8 Å². The van der Waals surface area contributed by atoms with Crippen molar-refractivity contribution in [2.45, 2.75) is 26.3 Å². The maximum absolute atomic E-state index is 4.34. The molecule has 2 aromatic heterocycles. The Balaban J connectivity index is 2.01. The summed E-state index contributed by atoms with van der Waals surface area (Å²) in [5, 5.41) is 5.46. The van der Waals surface area contributed by atoms with Gasteiger partial charge in [-0.3, -0.25) is 0 Å². The van der Waals surface area contributed by atoms with Crippen LogP contribution in [0.3, 0.4) is 0 Å². The first kappa shape index (κ1) is 12.6. The quantitative estimate of drug-likeness (QED) is 0.818. The van der Waals surface area contributed by atoms with E-state index >= 15 is 0 Å². The van der Waals surface area contributed by atoms with Gasteiger partial charge < -0.3 is 9.88 Å². The monoisotopic (exact) mass is 313 g/mol. The zero-order valence-corrected chi connectivity index (χ0v) is 12.2. The summed E-state index contributed by atoms with van der Waals surface area (Å²) in [4.78, 5) is 5.66. The molecule has 0 aliphatic heterocycles. The van der Waals surface area contributed by atoms with E-state index in [-0.39, 0.29) is 0 Å². The highest BCUT2D eigenvalue weighted by Gasteiger charge is 2.06. The van der Waals surface area contributed by atoms with Crippen molar-refractivity contribution in [2.75, 3.05) is 11.9 Å². The number of hydrogen-bond donors (Lipinski definition) is 1. The summed E-state index contributed by atoms with van der Waals surface area (Å²) < 4.78 is 3.32. The standard InChI is InChI=1S/C12H16BrN3S/c1-2-3-5-14-12-15-6-7-16(12)9-11-10(13)4-8-17-11/h4,6-8H,2-3,5,9H2,1H3,(H,14,15). The van der Waals surface area contributed by atoms with Crippen molar-refractivity contribution in [3.63, 3.8) is 0 Å². The smallest absolute Gasteiger partial charge is 0.203 e. The van der Waals surface area contributed by atoms with Gasteiger partial charge in [-0.15, -0.1) is 11.3 Å². The average molecular weight is 314 g/mol. The number of rotatable bonds is 6. The number of imidazole rings is 1. The Morgan fingerprint density at radius 1 is 1.53 bits per heavy atom. The first-order valence-electron chi connectivity index (χ1n) is 5.78. The second-order valence-corrected chi connectivity index (χ2v) is 5.71. The lowest BCUT2D eigenvalue weighted by molar-refractivity contribution is 0.781. The third-order valence-corrected chi connectivity index (χ3v) is 4.45. The third kappa shape index (κ3) is 3.33. The summed E-state index contributed by atoms with van der Waals surface area (Å²) >= 11 is 5.32. The maximum Gasteiger partial charge on any atom is 0.203 e. The van der Waals surface area contributed by atoms with Gasteiger partial charge >= 0.3 is 0 Å². The second-order valence-electron chi connectivity index (χ2n) is 3.85. The molecular formula is C12H16BrN3S. The van der Waals surface area contributed by atoms with Crippen LogP contribution >= 0.6 is 27.3 Å². The molecule has 0 saturated carbocycles. The highest BCUT2D eigenvalue weighted by atomic mass is 79.9. The lowest BCUT2D eigenvalue weighted by Gasteiger charge is -2.08. The summed E-state index contributed by atoms with van der Waals surface area (Å²) in [5.74, 6) is 0.957. The van der Waals surface area contributed by atoms with Crippen LogP contribution < -0.4 is 5.32 Å². The van der Waals surface area contributed by atoms with E-state index < -0.39 is 0 Å². The molecule has 0 spiro atoms. The van der Waals surface area contributed by atoms with E-state index in [2.05, 4.69) is 49.2 Å². The Morgan fingerprint density at radius 2 is 2.41 bits per heavy atom. The summed E-state index contributed by atoms with van der Waals surface area (Å²) in [6.07, 6.45) is 6.23. The van der Waals surface area contributed by atoms with Gasteiger partial charge in [-0.2, -0.15) is 0 Å². The van der Waals surface area contributed by atoms with Crippen LogP contribution in [0, 0.1) is 0 Å². The fourth-order valence-corrected chi connectivity index (χ4v) is 3.05. The van der Waals surface area contributed by atoms with Gasteiger partial charge in [0.1, 0.15) is 0 Å². The van der Waals surface area contributed by atoms with Gasteiger partial charge in [0.15, 0.2) is 0 Å². The van der Waals surface area contributed by atoms with Crippen molar-refractivity contribution in [2.24, 2.45) is 0 Å². The number of nitrogens with one attached hydrogen (secondary N) is 1.